The van der Waals surface area contributed by atoms with Crippen LogP contribution in [0.1, 0.15) is 11.1 Å². The molecule has 1 amide bonds. The first-order chi connectivity index (χ1) is 9.97. The number of hydrogen-bond donors (Lipinski definition) is 1. The number of fused-ring (bicyclic) bond motifs is 1. The van der Waals surface area contributed by atoms with Gasteiger partial charge < -0.3 is 5.32 Å². The third kappa shape index (κ3) is 2.41. The number of amides is 1. The van der Waals surface area contributed by atoms with Crippen LogP contribution in [0.4, 0.5) is 14.5 Å². The lowest BCUT2D eigenvalue weighted by atomic mass is 10.0. The van der Waals surface area contributed by atoms with Gasteiger partial charge in [0.1, 0.15) is 11.6 Å². The number of nitrogens with one attached hydrogen (secondary N) is 1. The Hall–Kier alpha value is -1.91. The second-order valence-corrected chi connectivity index (χ2v) is 5.28. The number of anilines is 1. The molecule has 2 aromatic rings. The van der Waals surface area contributed by atoms with Crippen molar-refractivity contribution in [2.45, 2.75) is 0 Å². The zero-order valence-electron chi connectivity index (χ0n) is 10.4. The first-order valence-electron chi connectivity index (χ1n) is 5.94. The molecule has 0 aliphatic carbocycles. The van der Waals surface area contributed by atoms with E-state index in [9.17, 15) is 13.6 Å². The van der Waals surface area contributed by atoms with Gasteiger partial charge in [-0.3, -0.25) is 4.79 Å². The van der Waals surface area contributed by atoms with Crippen molar-refractivity contribution in [2.24, 2.45) is 0 Å². The lowest BCUT2D eigenvalue weighted by molar-refractivity contribution is -0.110. The Labute approximate surface area is 129 Å². The number of hydrogen-bond acceptors (Lipinski definition) is 1. The summed E-state index contributed by atoms with van der Waals surface area (Å²) in [6.45, 7) is 0. The number of halogens is 4. The monoisotopic (exact) mass is 325 g/mol. The maximum absolute atomic E-state index is 13.9. The number of benzene rings is 2. The van der Waals surface area contributed by atoms with Gasteiger partial charge in [-0.1, -0.05) is 35.3 Å². The zero-order chi connectivity index (χ0) is 15.1. The standard InChI is InChI=1S/C15H7Cl2F2NO/c16-10-3-1-2-7(14(10)19)4-9-8-5-12(18)11(17)6-13(8)20-15(9)21/h1-6H,(H,20,21)/b9-4+. The summed E-state index contributed by atoms with van der Waals surface area (Å²) < 4.78 is 27.5. The maximum atomic E-state index is 13.9. The van der Waals surface area contributed by atoms with Gasteiger partial charge in [0, 0.05) is 16.7 Å². The van der Waals surface area contributed by atoms with Crippen LogP contribution < -0.4 is 5.32 Å². The first-order valence-corrected chi connectivity index (χ1v) is 6.69. The second-order valence-electron chi connectivity index (χ2n) is 4.47. The fraction of sp³-hybridized carbons (Fsp3) is 0. The van der Waals surface area contributed by atoms with Crippen molar-refractivity contribution in [2.75, 3.05) is 5.32 Å². The van der Waals surface area contributed by atoms with Gasteiger partial charge in [-0.25, -0.2) is 8.78 Å². The van der Waals surface area contributed by atoms with Crippen LogP contribution in [0.3, 0.4) is 0 Å². The molecule has 0 bridgehead atoms. The lowest BCUT2D eigenvalue weighted by Crippen LogP contribution is -2.03. The molecule has 0 fully saturated rings. The Balaban J connectivity index is 2.16. The molecule has 3 rings (SSSR count). The molecular weight excluding hydrogens is 319 g/mol. The van der Waals surface area contributed by atoms with Gasteiger partial charge in [-0.05, 0) is 24.3 Å². The van der Waals surface area contributed by atoms with Crippen molar-refractivity contribution in [3.05, 3.63) is 63.1 Å². The quantitative estimate of drug-likeness (QED) is 0.752. The molecule has 0 atom stereocenters. The summed E-state index contributed by atoms with van der Waals surface area (Å²) in [6, 6.07) is 6.91. The van der Waals surface area contributed by atoms with Gasteiger partial charge in [0.2, 0.25) is 0 Å². The minimum atomic E-state index is -0.649. The predicted molar refractivity (Wildman–Crippen MR) is 79.3 cm³/mol. The molecule has 0 saturated carbocycles. The van der Waals surface area contributed by atoms with Gasteiger partial charge in [-0.15, -0.1) is 0 Å². The SMILES string of the molecule is O=C1Nc2cc(Cl)c(F)cc2/C1=C\c1cccc(Cl)c1F. The van der Waals surface area contributed by atoms with E-state index in [1.807, 2.05) is 0 Å². The van der Waals surface area contributed by atoms with E-state index in [0.717, 1.165) is 6.07 Å². The largest absolute Gasteiger partial charge is 0.321 e. The third-order valence-corrected chi connectivity index (χ3v) is 3.71. The smallest absolute Gasteiger partial charge is 0.256 e. The third-order valence-electron chi connectivity index (χ3n) is 3.12. The van der Waals surface area contributed by atoms with Crippen molar-refractivity contribution in [3.8, 4) is 0 Å². The summed E-state index contributed by atoms with van der Waals surface area (Å²) in [6.07, 6.45) is 1.33. The molecule has 0 radical (unpaired) electrons. The molecule has 0 saturated heterocycles. The Morgan fingerprint density at radius 3 is 2.62 bits per heavy atom. The highest BCUT2D eigenvalue weighted by atomic mass is 35.5. The molecule has 0 unspecified atom stereocenters. The van der Waals surface area contributed by atoms with E-state index in [1.54, 1.807) is 6.07 Å². The maximum Gasteiger partial charge on any atom is 0.256 e. The molecule has 1 N–H and O–H groups in total. The zero-order valence-corrected chi connectivity index (χ0v) is 11.9. The van der Waals surface area contributed by atoms with Crippen LogP contribution in [-0.2, 0) is 4.79 Å². The molecular formula is C15H7Cl2F2NO. The van der Waals surface area contributed by atoms with Gasteiger partial charge in [-0.2, -0.15) is 0 Å². The minimum Gasteiger partial charge on any atom is -0.321 e. The Morgan fingerprint density at radius 1 is 1.10 bits per heavy atom. The molecule has 2 nitrogen and oxygen atoms in total. The Bertz CT molecular complexity index is 803. The molecule has 1 heterocycles. The van der Waals surface area contributed by atoms with Crippen molar-refractivity contribution in [3.63, 3.8) is 0 Å². The summed E-state index contributed by atoms with van der Waals surface area (Å²) in [7, 11) is 0. The van der Waals surface area contributed by atoms with Crippen LogP contribution in [0.5, 0.6) is 0 Å². The van der Waals surface area contributed by atoms with Crippen LogP contribution in [0.15, 0.2) is 30.3 Å². The molecule has 21 heavy (non-hydrogen) atoms. The van der Waals surface area contributed by atoms with Crippen LogP contribution in [0, 0.1) is 11.6 Å². The summed E-state index contributed by atoms with van der Waals surface area (Å²) in [5.41, 5.74) is 1.03. The molecule has 0 spiro atoms. The van der Waals surface area contributed by atoms with Gasteiger partial charge in [0.25, 0.3) is 5.91 Å². The number of rotatable bonds is 1. The van der Waals surface area contributed by atoms with E-state index in [-0.39, 0.29) is 21.2 Å². The minimum absolute atomic E-state index is 0.0507. The summed E-state index contributed by atoms with van der Waals surface area (Å²) >= 11 is 11.4. The molecule has 6 heteroatoms. The normalized spacial score (nSPS) is 15.2. The van der Waals surface area contributed by atoms with E-state index >= 15 is 0 Å². The summed E-state index contributed by atoms with van der Waals surface area (Å²) in [5.74, 6) is -1.74. The average Bonchev–Trinajstić information content (AvgIpc) is 2.72. The van der Waals surface area contributed by atoms with Crippen LogP contribution in [0.25, 0.3) is 11.6 Å². The molecule has 2 aromatic carbocycles. The van der Waals surface area contributed by atoms with Crippen molar-refractivity contribution in [1.29, 1.82) is 0 Å². The van der Waals surface area contributed by atoms with E-state index in [1.165, 1.54) is 24.3 Å². The topological polar surface area (TPSA) is 29.1 Å². The predicted octanol–water partition coefficient (Wildman–Crippen LogP) is 4.76. The molecule has 0 aromatic heterocycles. The fourth-order valence-electron chi connectivity index (χ4n) is 2.12. The average molecular weight is 326 g/mol. The second kappa shape index (κ2) is 5.13. The fourth-order valence-corrected chi connectivity index (χ4v) is 2.46. The highest BCUT2D eigenvalue weighted by molar-refractivity contribution is 6.37. The van der Waals surface area contributed by atoms with E-state index in [2.05, 4.69) is 5.32 Å². The molecule has 1 aliphatic rings. The van der Waals surface area contributed by atoms with Crippen molar-refractivity contribution in [1.82, 2.24) is 0 Å². The van der Waals surface area contributed by atoms with Crippen molar-refractivity contribution < 1.29 is 13.6 Å². The van der Waals surface area contributed by atoms with Crippen LogP contribution in [0.2, 0.25) is 10.0 Å². The van der Waals surface area contributed by atoms with Crippen LogP contribution >= 0.6 is 23.2 Å². The van der Waals surface area contributed by atoms with Crippen molar-refractivity contribution >= 4 is 46.4 Å². The highest BCUT2D eigenvalue weighted by Crippen LogP contribution is 2.36. The van der Waals surface area contributed by atoms with Gasteiger partial charge >= 0.3 is 0 Å². The number of carbonyl (C=O) groups excluding carboxylic acids is 1. The highest BCUT2D eigenvalue weighted by Gasteiger charge is 2.26. The van der Waals surface area contributed by atoms with E-state index < -0.39 is 17.5 Å². The first kappa shape index (κ1) is 14.0. The number of carbonyl (C=O) groups is 1. The van der Waals surface area contributed by atoms with Crippen LogP contribution in [-0.4, -0.2) is 5.91 Å². The lowest BCUT2D eigenvalue weighted by Gasteiger charge is -2.02. The summed E-state index contributed by atoms with van der Waals surface area (Å²) in [5, 5.41) is 2.41. The van der Waals surface area contributed by atoms with Gasteiger partial charge in [0.05, 0.1) is 15.7 Å². The molecule has 106 valence electrons. The Kier molecular flexibility index (Phi) is 3.43. The Morgan fingerprint density at radius 2 is 1.86 bits per heavy atom. The van der Waals surface area contributed by atoms with E-state index in [0.29, 0.717) is 11.3 Å². The summed E-state index contributed by atoms with van der Waals surface area (Å²) in [4.78, 5) is 12.0. The van der Waals surface area contributed by atoms with E-state index in [4.69, 9.17) is 23.2 Å². The molecule has 1 aliphatic heterocycles. The van der Waals surface area contributed by atoms with Gasteiger partial charge in [0.15, 0.2) is 0 Å².